The number of carboxylic acid groups (broad SMARTS) is 1. The number of halogens is 2. The SMILES string of the molecule is Nc1cccc(-c2ccc3ccc(Oc4c(Cl)cc(CC(N)C(=O)O)cc4Cl)cc3c2)c1. The molecule has 0 saturated carbocycles. The quantitative estimate of drug-likeness (QED) is 0.296. The second kappa shape index (κ2) is 9.09. The standard InChI is InChI=1S/C25H20Cl2N2O3/c26-21-8-14(10-23(29)25(30)31)9-22(27)24(21)32-20-7-6-15-4-5-17(11-18(15)13-20)16-2-1-3-19(28)12-16/h1-9,11-13,23H,10,28-29H2,(H,30,31). The van der Waals surface area contributed by atoms with E-state index in [1.807, 2.05) is 54.6 Å². The van der Waals surface area contributed by atoms with Crippen LogP contribution in [0.3, 0.4) is 0 Å². The van der Waals surface area contributed by atoms with Crippen molar-refractivity contribution in [2.45, 2.75) is 12.5 Å². The van der Waals surface area contributed by atoms with Crippen molar-refractivity contribution in [3.63, 3.8) is 0 Å². The molecule has 0 amide bonds. The summed E-state index contributed by atoms with van der Waals surface area (Å²) in [6.07, 6.45) is 0.109. The Bertz CT molecular complexity index is 1300. The molecule has 4 rings (SSSR count). The summed E-state index contributed by atoms with van der Waals surface area (Å²) in [6, 6.07) is 21.8. The van der Waals surface area contributed by atoms with Crippen molar-refractivity contribution in [2.75, 3.05) is 5.73 Å². The third-order valence-corrected chi connectivity index (χ3v) is 5.64. The van der Waals surface area contributed by atoms with Gasteiger partial charge in [0.25, 0.3) is 0 Å². The highest BCUT2D eigenvalue weighted by atomic mass is 35.5. The molecule has 0 fully saturated rings. The molecule has 4 aromatic carbocycles. The summed E-state index contributed by atoms with van der Waals surface area (Å²) in [6.45, 7) is 0. The van der Waals surface area contributed by atoms with Gasteiger partial charge in [0.2, 0.25) is 0 Å². The van der Waals surface area contributed by atoms with Crippen LogP contribution in [0.4, 0.5) is 5.69 Å². The van der Waals surface area contributed by atoms with Crippen LogP contribution in [0.25, 0.3) is 21.9 Å². The lowest BCUT2D eigenvalue weighted by Gasteiger charge is -2.13. The van der Waals surface area contributed by atoms with E-state index in [2.05, 4.69) is 6.07 Å². The summed E-state index contributed by atoms with van der Waals surface area (Å²) in [5.41, 5.74) is 14.9. The van der Waals surface area contributed by atoms with Gasteiger partial charge in [-0.05, 0) is 76.3 Å². The van der Waals surface area contributed by atoms with Gasteiger partial charge in [-0.2, -0.15) is 0 Å². The molecule has 0 heterocycles. The number of ether oxygens (including phenoxy) is 1. The molecule has 32 heavy (non-hydrogen) atoms. The maximum absolute atomic E-state index is 11.0. The van der Waals surface area contributed by atoms with Gasteiger partial charge >= 0.3 is 5.97 Å². The average molecular weight is 467 g/mol. The molecule has 0 aliphatic heterocycles. The van der Waals surface area contributed by atoms with Gasteiger partial charge in [0.05, 0.1) is 10.0 Å². The first-order valence-corrected chi connectivity index (χ1v) is 10.6. The van der Waals surface area contributed by atoms with E-state index >= 15 is 0 Å². The third-order valence-electron chi connectivity index (χ3n) is 5.08. The molecule has 162 valence electrons. The van der Waals surface area contributed by atoms with E-state index in [0.29, 0.717) is 22.7 Å². The minimum atomic E-state index is -1.09. The highest BCUT2D eigenvalue weighted by Gasteiger charge is 2.16. The summed E-state index contributed by atoms with van der Waals surface area (Å²) in [4.78, 5) is 11.0. The monoisotopic (exact) mass is 466 g/mol. The molecule has 0 aliphatic carbocycles. The minimum Gasteiger partial charge on any atom is -0.480 e. The van der Waals surface area contributed by atoms with Crippen LogP contribution in [-0.4, -0.2) is 17.1 Å². The summed E-state index contributed by atoms with van der Waals surface area (Å²) in [5.74, 6) is -0.223. The maximum atomic E-state index is 11.0. The van der Waals surface area contributed by atoms with Gasteiger partial charge in [0.15, 0.2) is 5.75 Å². The van der Waals surface area contributed by atoms with Gasteiger partial charge in [-0.1, -0.05) is 53.5 Å². The normalized spacial score (nSPS) is 12.0. The maximum Gasteiger partial charge on any atom is 0.320 e. The molecule has 0 saturated heterocycles. The summed E-state index contributed by atoms with van der Waals surface area (Å²) >= 11 is 12.8. The number of rotatable bonds is 6. The van der Waals surface area contributed by atoms with Gasteiger partial charge in [0.1, 0.15) is 11.8 Å². The van der Waals surface area contributed by atoms with Gasteiger partial charge in [0, 0.05) is 5.69 Å². The van der Waals surface area contributed by atoms with Crippen LogP contribution in [0.1, 0.15) is 5.56 Å². The lowest BCUT2D eigenvalue weighted by atomic mass is 10.0. The van der Waals surface area contributed by atoms with Crippen LogP contribution >= 0.6 is 23.2 Å². The van der Waals surface area contributed by atoms with E-state index in [4.69, 9.17) is 44.5 Å². The van der Waals surface area contributed by atoms with Crippen LogP contribution in [0.2, 0.25) is 10.0 Å². The number of benzene rings is 4. The summed E-state index contributed by atoms with van der Waals surface area (Å²) in [7, 11) is 0. The number of hydrogen-bond acceptors (Lipinski definition) is 4. The molecule has 1 atom stereocenters. The van der Waals surface area contributed by atoms with E-state index < -0.39 is 12.0 Å². The van der Waals surface area contributed by atoms with Crippen LogP contribution < -0.4 is 16.2 Å². The van der Waals surface area contributed by atoms with Gasteiger partial charge < -0.3 is 21.3 Å². The minimum absolute atomic E-state index is 0.109. The number of fused-ring (bicyclic) bond motifs is 1. The largest absolute Gasteiger partial charge is 0.480 e. The lowest BCUT2D eigenvalue weighted by Crippen LogP contribution is -2.32. The topological polar surface area (TPSA) is 98.6 Å². The zero-order valence-electron chi connectivity index (χ0n) is 16.9. The molecule has 1 unspecified atom stereocenters. The van der Waals surface area contributed by atoms with E-state index in [1.165, 1.54) is 0 Å². The molecular weight excluding hydrogens is 447 g/mol. The fourth-order valence-corrected chi connectivity index (χ4v) is 4.08. The van der Waals surface area contributed by atoms with Crippen molar-refractivity contribution in [3.05, 3.63) is 88.4 Å². The summed E-state index contributed by atoms with van der Waals surface area (Å²) < 4.78 is 5.99. The lowest BCUT2D eigenvalue weighted by molar-refractivity contribution is -0.138. The van der Waals surface area contributed by atoms with Crippen LogP contribution in [-0.2, 0) is 11.2 Å². The molecule has 0 spiro atoms. The van der Waals surface area contributed by atoms with Crippen molar-refractivity contribution in [1.29, 1.82) is 0 Å². The molecule has 0 bridgehead atoms. The first kappa shape index (κ1) is 22.0. The smallest absolute Gasteiger partial charge is 0.320 e. The third kappa shape index (κ3) is 4.81. The Morgan fingerprint density at radius 2 is 1.59 bits per heavy atom. The zero-order chi connectivity index (χ0) is 22.8. The van der Waals surface area contributed by atoms with E-state index in [9.17, 15) is 4.79 Å². The first-order chi connectivity index (χ1) is 15.3. The van der Waals surface area contributed by atoms with Crippen LogP contribution in [0, 0.1) is 0 Å². The van der Waals surface area contributed by atoms with Crippen LogP contribution in [0.15, 0.2) is 72.8 Å². The van der Waals surface area contributed by atoms with Gasteiger partial charge in [-0.3, -0.25) is 4.79 Å². The van der Waals surface area contributed by atoms with Gasteiger partial charge in [-0.25, -0.2) is 0 Å². The fourth-order valence-electron chi connectivity index (χ4n) is 3.47. The van der Waals surface area contributed by atoms with Crippen molar-refractivity contribution in [2.24, 2.45) is 5.73 Å². The van der Waals surface area contributed by atoms with Crippen molar-refractivity contribution in [3.8, 4) is 22.6 Å². The Kier molecular flexibility index (Phi) is 6.24. The zero-order valence-corrected chi connectivity index (χ0v) is 18.4. The molecule has 5 nitrogen and oxygen atoms in total. The van der Waals surface area contributed by atoms with E-state index in [-0.39, 0.29) is 16.5 Å². The van der Waals surface area contributed by atoms with Gasteiger partial charge in [-0.15, -0.1) is 0 Å². The molecular formula is C25H20Cl2N2O3. The van der Waals surface area contributed by atoms with Crippen LogP contribution in [0.5, 0.6) is 11.5 Å². The van der Waals surface area contributed by atoms with Crippen molar-refractivity contribution < 1.29 is 14.6 Å². The second-order valence-corrected chi connectivity index (χ2v) is 8.30. The predicted molar refractivity (Wildman–Crippen MR) is 130 cm³/mol. The number of aliphatic carboxylic acids is 1. The Morgan fingerprint density at radius 3 is 2.28 bits per heavy atom. The molecule has 0 radical (unpaired) electrons. The Hall–Kier alpha value is -3.25. The second-order valence-electron chi connectivity index (χ2n) is 7.49. The summed E-state index contributed by atoms with van der Waals surface area (Å²) in [5, 5.41) is 11.6. The van der Waals surface area contributed by atoms with E-state index in [0.717, 1.165) is 21.9 Å². The van der Waals surface area contributed by atoms with E-state index in [1.54, 1.807) is 12.1 Å². The van der Waals surface area contributed by atoms with Crippen molar-refractivity contribution >= 4 is 45.6 Å². The number of nitrogens with two attached hydrogens (primary N) is 2. The Labute approximate surface area is 195 Å². The molecule has 0 aromatic heterocycles. The average Bonchev–Trinajstić information content (AvgIpc) is 2.75. The highest BCUT2D eigenvalue weighted by molar-refractivity contribution is 6.37. The molecule has 0 aliphatic rings. The molecule has 4 aromatic rings. The first-order valence-electron chi connectivity index (χ1n) is 9.84. The number of carboxylic acids is 1. The number of carbonyl (C=O) groups is 1. The fraction of sp³-hybridized carbons (Fsp3) is 0.0800. The Morgan fingerprint density at radius 1 is 0.906 bits per heavy atom. The molecule has 7 heteroatoms. The number of hydrogen-bond donors (Lipinski definition) is 3. The highest BCUT2D eigenvalue weighted by Crippen LogP contribution is 2.38. The molecule has 5 N–H and O–H groups in total. The number of anilines is 1. The number of nitrogen functional groups attached to an aromatic ring is 1. The van der Waals surface area contributed by atoms with Crippen molar-refractivity contribution in [1.82, 2.24) is 0 Å². The predicted octanol–water partition coefficient (Wildman–Crippen LogP) is 6.14. The Balaban J connectivity index is 1.63.